The van der Waals surface area contributed by atoms with Gasteiger partial charge < -0.3 is 15.3 Å². The van der Waals surface area contributed by atoms with E-state index in [9.17, 15) is 19.5 Å². The molecule has 0 saturated carbocycles. The number of hydrogen-bond donors (Lipinski definition) is 2. The normalized spacial score (nSPS) is 13.9. The van der Waals surface area contributed by atoms with Crippen molar-refractivity contribution in [3.8, 4) is 0 Å². The van der Waals surface area contributed by atoms with Crippen molar-refractivity contribution < 1.29 is 19.5 Å². The summed E-state index contributed by atoms with van der Waals surface area (Å²) in [6, 6.07) is 13.9. The number of rotatable bonds is 6. The molecule has 29 heavy (non-hydrogen) atoms. The first-order chi connectivity index (χ1) is 13.8. The summed E-state index contributed by atoms with van der Waals surface area (Å²) in [7, 11) is 1.67. The standard InChI is InChI=1S/C22H23N3O4/c1-14-4-10-18(11-5-14)25-21(28)19(20(22(25)29)24(3)12-13-26)16-6-8-17(9-7-16)23-15(2)27/h4-11,26H,12-13H2,1-3H3,(H,23,27). The lowest BCUT2D eigenvalue weighted by Gasteiger charge is -2.20. The van der Waals surface area contributed by atoms with Crippen molar-refractivity contribution in [1.29, 1.82) is 0 Å². The van der Waals surface area contributed by atoms with Gasteiger partial charge in [-0.1, -0.05) is 29.8 Å². The minimum atomic E-state index is -0.434. The van der Waals surface area contributed by atoms with Crippen molar-refractivity contribution in [2.45, 2.75) is 13.8 Å². The third-order valence-corrected chi connectivity index (χ3v) is 4.66. The third-order valence-electron chi connectivity index (χ3n) is 4.66. The van der Waals surface area contributed by atoms with E-state index in [4.69, 9.17) is 0 Å². The van der Waals surface area contributed by atoms with E-state index >= 15 is 0 Å². The maximum absolute atomic E-state index is 13.3. The molecule has 0 bridgehead atoms. The Bertz CT molecular complexity index is 978. The maximum atomic E-state index is 13.3. The van der Waals surface area contributed by atoms with Crippen molar-refractivity contribution in [2.75, 3.05) is 30.4 Å². The minimum Gasteiger partial charge on any atom is -0.395 e. The van der Waals surface area contributed by atoms with Gasteiger partial charge in [-0.25, -0.2) is 4.90 Å². The van der Waals surface area contributed by atoms with Crippen LogP contribution in [0.5, 0.6) is 0 Å². The summed E-state index contributed by atoms with van der Waals surface area (Å²) < 4.78 is 0. The topological polar surface area (TPSA) is 90.0 Å². The highest BCUT2D eigenvalue weighted by Gasteiger charge is 2.41. The van der Waals surface area contributed by atoms with Crippen LogP contribution in [-0.2, 0) is 14.4 Å². The van der Waals surface area contributed by atoms with Crippen LogP contribution < -0.4 is 10.2 Å². The van der Waals surface area contributed by atoms with Gasteiger partial charge in [-0.05, 0) is 36.8 Å². The summed E-state index contributed by atoms with van der Waals surface area (Å²) >= 11 is 0. The highest BCUT2D eigenvalue weighted by molar-refractivity contribution is 6.45. The average Bonchev–Trinajstić information content (AvgIpc) is 2.93. The predicted molar refractivity (Wildman–Crippen MR) is 111 cm³/mol. The van der Waals surface area contributed by atoms with Crippen LogP contribution in [0.15, 0.2) is 54.2 Å². The number of benzene rings is 2. The van der Waals surface area contributed by atoms with E-state index < -0.39 is 11.8 Å². The number of nitrogens with one attached hydrogen (secondary N) is 1. The molecule has 0 atom stereocenters. The highest BCUT2D eigenvalue weighted by Crippen LogP contribution is 2.34. The van der Waals surface area contributed by atoms with Gasteiger partial charge in [0.2, 0.25) is 5.91 Å². The summed E-state index contributed by atoms with van der Waals surface area (Å²) in [5.74, 6) is -1.06. The van der Waals surface area contributed by atoms with Gasteiger partial charge in [0.05, 0.1) is 17.9 Å². The zero-order chi connectivity index (χ0) is 21.1. The van der Waals surface area contributed by atoms with Gasteiger partial charge in [0.1, 0.15) is 5.70 Å². The first-order valence-corrected chi connectivity index (χ1v) is 9.23. The number of aliphatic hydroxyl groups is 1. The molecule has 7 heteroatoms. The molecule has 1 aliphatic rings. The Morgan fingerprint density at radius 3 is 2.21 bits per heavy atom. The maximum Gasteiger partial charge on any atom is 0.282 e. The number of carbonyl (C=O) groups is 3. The number of nitrogens with zero attached hydrogens (tertiary/aromatic N) is 2. The summed E-state index contributed by atoms with van der Waals surface area (Å²) in [6.07, 6.45) is 0. The Morgan fingerprint density at radius 1 is 1.03 bits per heavy atom. The fourth-order valence-electron chi connectivity index (χ4n) is 3.25. The molecule has 150 valence electrons. The van der Waals surface area contributed by atoms with Crippen LogP contribution in [0.3, 0.4) is 0 Å². The van der Waals surface area contributed by atoms with E-state index in [0.717, 1.165) is 10.5 Å². The molecule has 3 amide bonds. The van der Waals surface area contributed by atoms with E-state index in [-0.39, 0.29) is 30.3 Å². The van der Waals surface area contributed by atoms with Crippen molar-refractivity contribution >= 4 is 34.7 Å². The Hall–Kier alpha value is -3.45. The average molecular weight is 393 g/mol. The summed E-state index contributed by atoms with van der Waals surface area (Å²) in [5, 5.41) is 12.0. The molecule has 0 fully saturated rings. The van der Waals surface area contributed by atoms with Gasteiger partial charge >= 0.3 is 0 Å². The number of aliphatic hydroxyl groups excluding tert-OH is 1. The van der Waals surface area contributed by atoms with Crippen LogP contribution in [0.25, 0.3) is 5.57 Å². The third kappa shape index (κ3) is 4.05. The van der Waals surface area contributed by atoms with Crippen LogP contribution >= 0.6 is 0 Å². The molecule has 2 N–H and O–H groups in total. The van der Waals surface area contributed by atoms with E-state index in [0.29, 0.717) is 16.9 Å². The molecule has 0 aliphatic carbocycles. The van der Waals surface area contributed by atoms with Crippen molar-refractivity contribution in [2.24, 2.45) is 0 Å². The first-order valence-electron chi connectivity index (χ1n) is 9.23. The van der Waals surface area contributed by atoms with Gasteiger partial charge in [-0.15, -0.1) is 0 Å². The number of hydrogen-bond acceptors (Lipinski definition) is 5. The SMILES string of the molecule is CC(=O)Nc1ccc(C2=C(N(C)CCO)C(=O)N(c3ccc(C)cc3)C2=O)cc1. The Balaban J connectivity index is 2.06. The molecule has 0 saturated heterocycles. The van der Waals surface area contributed by atoms with Crippen LogP contribution in [-0.4, -0.2) is 47.9 Å². The molecule has 0 unspecified atom stereocenters. The molecular formula is C22H23N3O4. The second-order valence-electron chi connectivity index (χ2n) is 6.91. The highest BCUT2D eigenvalue weighted by atomic mass is 16.3. The van der Waals surface area contributed by atoms with Gasteiger partial charge in [0, 0.05) is 26.2 Å². The zero-order valence-corrected chi connectivity index (χ0v) is 16.6. The lowest BCUT2D eigenvalue weighted by molar-refractivity contribution is -0.120. The summed E-state index contributed by atoms with van der Waals surface area (Å²) in [5.41, 5.74) is 3.17. The Labute approximate surface area is 169 Å². The molecular weight excluding hydrogens is 370 g/mol. The van der Waals surface area contributed by atoms with Crippen molar-refractivity contribution in [1.82, 2.24) is 4.90 Å². The quantitative estimate of drug-likeness (QED) is 0.734. The lowest BCUT2D eigenvalue weighted by atomic mass is 10.0. The molecule has 0 aromatic heterocycles. The van der Waals surface area contributed by atoms with Gasteiger partial charge in [0.25, 0.3) is 11.8 Å². The second-order valence-corrected chi connectivity index (χ2v) is 6.91. The molecule has 1 aliphatic heterocycles. The number of likely N-dealkylation sites (N-methyl/N-ethyl adjacent to an activating group) is 1. The van der Waals surface area contributed by atoms with E-state index in [2.05, 4.69) is 5.32 Å². The predicted octanol–water partition coefficient (Wildman–Crippen LogP) is 2.16. The Morgan fingerprint density at radius 2 is 1.66 bits per heavy atom. The van der Waals surface area contributed by atoms with Crippen LogP contribution in [0, 0.1) is 6.92 Å². The van der Waals surface area contributed by atoms with E-state index in [1.807, 2.05) is 19.1 Å². The number of anilines is 2. The van der Waals surface area contributed by atoms with Crippen LogP contribution in [0.2, 0.25) is 0 Å². The van der Waals surface area contributed by atoms with Crippen LogP contribution in [0.4, 0.5) is 11.4 Å². The number of imide groups is 1. The summed E-state index contributed by atoms with van der Waals surface area (Å²) in [4.78, 5) is 40.4. The number of carbonyl (C=O) groups excluding carboxylic acids is 3. The second kappa shape index (κ2) is 8.28. The lowest BCUT2D eigenvalue weighted by Crippen LogP contribution is -2.34. The Kier molecular flexibility index (Phi) is 5.79. The smallest absolute Gasteiger partial charge is 0.282 e. The van der Waals surface area contributed by atoms with Gasteiger partial charge in [-0.2, -0.15) is 0 Å². The molecule has 0 spiro atoms. The monoisotopic (exact) mass is 393 g/mol. The molecule has 0 radical (unpaired) electrons. The minimum absolute atomic E-state index is 0.152. The van der Waals surface area contributed by atoms with Gasteiger partial charge in [0.15, 0.2) is 0 Å². The number of aryl methyl sites for hydroxylation is 1. The fourth-order valence-corrected chi connectivity index (χ4v) is 3.25. The largest absolute Gasteiger partial charge is 0.395 e. The molecule has 1 heterocycles. The van der Waals surface area contributed by atoms with Crippen molar-refractivity contribution in [3.05, 3.63) is 65.4 Å². The molecule has 2 aromatic rings. The molecule has 3 rings (SSSR count). The van der Waals surface area contributed by atoms with Crippen LogP contribution in [0.1, 0.15) is 18.1 Å². The molecule has 7 nitrogen and oxygen atoms in total. The van der Waals surface area contributed by atoms with Gasteiger partial charge in [-0.3, -0.25) is 14.4 Å². The van der Waals surface area contributed by atoms with E-state index in [1.165, 1.54) is 6.92 Å². The zero-order valence-electron chi connectivity index (χ0n) is 16.6. The van der Waals surface area contributed by atoms with E-state index in [1.54, 1.807) is 48.3 Å². The molecule has 2 aromatic carbocycles. The first kappa shape index (κ1) is 20.3. The fraction of sp³-hybridized carbons (Fsp3) is 0.227. The number of amides is 3. The summed E-state index contributed by atoms with van der Waals surface area (Å²) in [6.45, 7) is 3.40. The van der Waals surface area contributed by atoms with Crippen molar-refractivity contribution in [3.63, 3.8) is 0 Å².